The molecule has 2 aromatic rings. The van der Waals surface area contributed by atoms with Gasteiger partial charge in [0.05, 0.1) is 5.69 Å². The van der Waals surface area contributed by atoms with Gasteiger partial charge in [0.25, 0.3) is 0 Å². The van der Waals surface area contributed by atoms with Crippen LogP contribution in [0.3, 0.4) is 0 Å². The van der Waals surface area contributed by atoms with Crippen molar-refractivity contribution in [2.24, 2.45) is 0 Å². The summed E-state index contributed by atoms with van der Waals surface area (Å²) in [6.07, 6.45) is 4.22. The number of nitrogens with zero attached hydrogens (tertiary/aromatic N) is 1. The zero-order valence-corrected chi connectivity index (χ0v) is 12.6. The summed E-state index contributed by atoms with van der Waals surface area (Å²) in [5.74, 6) is 1.76. The lowest BCUT2D eigenvalue weighted by atomic mass is 10.0. The second-order valence-corrected chi connectivity index (χ2v) is 5.17. The van der Waals surface area contributed by atoms with Gasteiger partial charge in [-0.1, -0.05) is 42.5 Å². The molecule has 3 rings (SSSR count). The summed E-state index contributed by atoms with van der Waals surface area (Å²) in [5.41, 5.74) is 4.77. The highest BCUT2D eigenvalue weighted by Crippen LogP contribution is 2.38. The van der Waals surface area contributed by atoms with E-state index in [0.29, 0.717) is 0 Å². The summed E-state index contributed by atoms with van der Waals surface area (Å²) in [6.45, 7) is 4.19. The smallest absolute Gasteiger partial charge is 0.201 e. The molecule has 106 valence electrons. The summed E-state index contributed by atoms with van der Waals surface area (Å²) in [6, 6.07) is 16.5. The fraction of sp³-hybridized carbons (Fsp3) is 0.158. The molecule has 1 aliphatic heterocycles. The minimum absolute atomic E-state index is 0.854. The maximum Gasteiger partial charge on any atom is 0.201 e. The van der Waals surface area contributed by atoms with E-state index in [1.54, 1.807) is 0 Å². The van der Waals surface area contributed by atoms with E-state index in [2.05, 4.69) is 61.2 Å². The van der Waals surface area contributed by atoms with Crippen LogP contribution in [0.2, 0.25) is 0 Å². The summed E-state index contributed by atoms with van der Waals surface area (Å²) in [4.78, 5) is 2.08. The Bertz CT molecular complexity index is 728. The van der Waals surface area contributed by atoms with Gasteiger partial charge in [0.1, 0.15) is 0 Å². The molecule has 0 spiro atoms. The van der Waals surface area contributed by atoms with Gasteiger partial charge >= 0.3 is 0 Å². The second kappa shape index (κ2) is 5.49. The Kier molecular flexibility index (Phi) is 3.53. The first-order valence-electron chi connectivity index (χ1n) is 7.15. The first kappa shape index (κ1) is 13.5. The maximum absolute atomic E-state index is 5.96. The zero-order chi connectivity index (χ0) is 14.8. The van der Waals surface area contributed by atoms with E-state index in [1.165, 1.54) is 16.7 Å². The van der Waals surface area contributed by atoms with Crippen LogP contribution in [0.4, 0.5) is 5.69 Å². The highest BCUT2D eigenvalue weighted by molar-refractivity contribution is 5.78. The number of ether oxygens (including phenoxy) is 1. The van der Waals surface area contributed by atoms with Crippen LogP contribution in [0.1, 0.15) is 18.1 Å². The van der Waals surface area contributed by atoms with Crippen molar-refractivity contribution in [3.63, 3.8) is 0 Å². The number of hydrogen-bond donors (Lipinski definition) is 0. The summed E-state index contributed by atoms with van der Waals surface area (Å²) < 4.78 is 5.96. The van der Waals surface area contributed by atoms with Crippen LogP contribution in [0.15, 0.2) is 66.6 Å². The number of benzene rings is 2. The molecular weight excluding hydrogens is 258 g/mol. The third-order valence-electron chi connectivity index (χ3n) is 3.82. The van der Waals surface area contributed by atoms with Gasteiger partial charge in [-0.2, -0.15) is 0 Å². The molecule has 2 heteroatoms. The standard InChI is InChI=1S/C19H19NO/c1-4-15(16-10-6-5-9-14(16)2)13-19-20(3)17-11-7-8-12-18(17)21-19/h4-13H,1-3H3. The van der Waals surface area contributed by atoms with Crippen molar-refractivity contribution in [3.05, 3.63) is 77.7 Å². The third-order valence-corrected chi connectivity index (χ3v) is 3.82. The molecule has 2 nitrogen and oxygen atoms in total. The Hall–Kier alpha value is -2.48. The van der Waals surface area contributed by atoms with Crippen molar-refractivity contribution >= 4 is 11.3 Å². The normalized spacial score (nSPS) is 16.0. The zero-order valence-electron chi connectivity index (χ0n) is 12.6. The Morgan fingerprint density at radius 3 is 2.48 bits per heavy atom. The molecule has 0 atom stereocenters. The average Bonchev–Trinajstić information content (AvgIpc) is 2.82. The molecule has 1 heterocycles. The highest BCUT2D eigenvalue weighted by Gasteiger charge is 2.22. The third kappa shape index (κ3) is 2.45. The van der Waals surface area contributed by atoms with Gasteiger partial charge in [0.15, 0.2) is 5.75 Å². The highest BCUT2D eigenvalue weighted by atomic mass is 16.5. The van der Waals surface area contributed by atoms with Crippen molar-refractivity contribution in [3.8, 4) is 5.75 Å². The van der Waals surface area contributed by atoms with Gasteiger partial charge in [-0.25, -0.2) is 0 Å². The van der Waals surface area contributed by atoms with E-state index in [0.717, 1.165) is 17.3 Å². The quantitative estimate of drug-likeness (QED) is 0.784. The molecule has 0 N–H and O–H groups in total. The van der Waals surface area contributed by atoms with Gasteiger partial charge in [-0.05, 0) is 42.7 Å². The topological polar surface area (TPSA) is 12.5 Å². The Morgan fingerprint density at radius 1 is 1.05 bits per heavy atom. The second-order valence-electron chi connectivity index (χ2n) is 5.17. The summed E-state index contributed by atoms with van der Waals surface area (Å²) >= 11 is 0. The average molecular weight is 277 g/mol. The van der Waals surface area contributed by atoms with Crippen molar-refractivity contribution in [1.29, 1.82) is 0 Å². The lowest BCUT2D eigenvalue weighted by Crippen LogP contribution is -2.13. The molecule has 0 saturated heterocycles. The fourth-order valence-corrected chi connectivity index (χ4v) is 2.59. The van der Waals surface area contributed by atoms with Crippen LogP contribution in [0, 0.1) is 6.92 Å². The SMILES string of the molecule is CC=C(C=C1Oc2ccccc2N1C)c1ccccc1C. The minimum atomic E-state index is 0.854. The van der Waals surface area contributed by atoms with Crippen LogP contribution < -0.4 is 9.64 Å². The van der Waals surface area contributed by atoms with Crippen LogP contribution in [-0.4, -0.2) is 7.05 Å². The van der Waals surface area contributed by atoms with E-state index in [-0.39, 0.29) is 0 Å². The monoisotopic (exact) mass is 277 g/mol. The molecule has 0 radical (unpaired) electrons. The number of hydrogen-bond acceptors (Lipinski definition) is 2. The number of fused-ring (bicyclic) bond motifs is 1. The molecular formula is C19H19NO. The number of anilines is 1. The Morgan fingerprint density at radius 2 is 1.76 bits per heavy atom. The molecule has 0 saturated carbocycles. The van der Waals surface area contributed by atoms with Gasteiger partial charge in [0, 0.05) is 13.1 Å². The molecule has 0 amide bonds. The van der Waals surface area contributed by atoms with Crippen LogP contribution in [0.5, 0.6) is 5.75 Å². The van der Waals surface area contributed by atoms with Crippen molar-refractivity contribution in [2.75, 3.05) is 11.9 Å². The fourth-order valence-electron chi connectivity index (χ4n) is 2.59. The van der Waals surface area contributed by atoms with E-state index in [9.17, 15) is 0 Å². The lowest BCUT2D eigenvalue weighted by Gasteiger charge is -2.13. The predicted octanol–water partition coefficient (Wildman–Crippen LogP) is 4.77. The van der Waals surface area contributed by atoms with Crippen LogP contribution in [-0.2, 0) is 0 Å². The minimum Gasteiger partial charge on any atom is -0.439 e. The summed E-state index contributed by atoms with van der Waals surface area (Å²) in [7, 11) is 2.03. The first-order valence-corrected chi connectivity index (χ1v) is 7.15. The molecule has 0 bridgehead atoms. The largest absolute Gasteiger partial charge is 0.439 e. The first-order chi connectivity index (χ1) is 10.2. The number of para-hydroxylation sites is 2. The number of aryl methyl sites for hydroxylation is 1. The molecule has 1 aliphatic rings. The molecule has 0 aromatic heterocycles. The lowest BCUT2D eigenvalue weighted by molar-refractivity contribution is 0.444. The van der Waals surface area contributed by atoms with E-state index in [4.69, 9.17) is 4.74 Å². The van der Waals surface area contributed by atoms with Crippen LogP contribution in [0.25, 0.3) is 5.57 Å². The van der Waals surface area contributed by atoms with Crippen molar-refractivity contribution < 1.29 is 4.74 Å². The Labute approximate surface area is 126 Å². The van der Waals surface area contributed by atoms with Gasteiger partial charge in [0.2, 0.25) is 5.88 Å². The molecule has 0 fully saturated rings. The molecule has 0 aliphatic carbocycles. The molecule has 2 aromatic carbocycles. The molecule has 21 heavy (non-hydrogen) atoms. The van der Waals surface area contributed by atoms with E-state index >= 15 is 0 Å². The van der Waals surface area contributed by atoms with Crippen molar-refractivity contribution in [2.45, 2.75) is 13.8 Å². The van der Waals surface area contributed by atoms with Gasteiger partial charge in [-0.3, -0.25) is 0 Å². The van der Waals surface area contributed by atoms with Gasteiger partial charge in [-0.15, -0.1) is 0 Å². The van der Waals surface area contributed by atoms with Gasteiger partial charge < -0.3 is 9.64 Å². The van der Waals surface area contributed by atoms with E-state index < -0.39 is 0 Å². The maximum atomic E-state index is 5.96. The van der Waals surface area contributed by atoms with Crippen LogP contribution >= 0.6 is 0 Å². The number of allylic oxidation sites excluding steroid dienone is 3. The van der Waals surface area contributed by atoms with Crippen molar-refractivity contribution in [1.82, 2.24) is 0 Å². The Balaban J connectivity index is 1.98. The van der Waals surface area contributed by atoms with E-state index in [1.807, 2.05) is 25.2 Å². The predicted molar refractivity (Wildman–Crippen MR) is 88.4 cm³/mol. The molecule has 0 unspecified atom stereocenters. The summed E-state index contributed by atoms with van der Waals surface area (Å²) in [5, 5.41) is 0. The number of rotatable bonds is 2.